The third-order valence-corrected chi connectivity index (χ3v) is 3.60. The number of nitrogens with zero attached hydrogens (tertiary/aromatic N) is 2. The Morgan fingerprint density at radius 3 is 3.12 bits per heavy atom. The van der Waals surface area contributed by atoms with Crippen molar-refractivity contribution < 1.29 is 9.32 Å². The molecule has 4 nitrogen and oxygen atoms in total. The van der Waals surface area contributed by atoms with Crippen LogP contribution in [0.25, 0.3) is 0 Å². The van der Waals surface area contributed by atoms with Crippen molar-refractivity contribution in [1.82, 2.24) is 10.1 Å². The summed E-state index contributed by atoms with van der Waals surface area (Å²) in [7, 11) is 0. The van der Waals surface area contributed by atoms with Gasteiger partial charge in [-0.15, -0.1) is 0 Å². The van der Waals surface area contributed by atoms with Gasteiger partial charge in [0.15, 0.2) is 5.78 Å². The predicted molar refractivity (Wildman–Crippen MR) is 65.1 cm³/mol. The molecule has 1 atom stereocenters. The number of hydrogen-bond acceptors (Lipinski definition) is 4. The maximum Gasteiger partial charge on any atom is 0.164 e. The molecule has 1 aromatic heterocycles. The van der Waals surface area contributed by atoms with Crippen LogP contribution in [0.5, 0.6) is 0 Å². The Morgan fingerprint density at radius 2 is 2.41 bits per heavy atom. The Morgan fingerprint density at radius 1 is 1.59 bits per heavy atom. The fourth-order valence-corrected chi connectivity index (χ4v) is 2.62. The lowest BCUT2D eigenvalue weighted by atomic mass is 9.96. The number of carbonyl (C=O) groups is 1. The molecule has 1 aliphatic rings. The second-order valence-electron chi connectivity index (χ2n) is 4.70. The average molecular weight is 236 g/mol. The first-order chi connectivity index (χ1) is 8.22. The fraction of sp³-hybridized carbons (Fsp3) is 0.692. The molecular weight excluding hydrogens is 216 g/mol. The summed E-state index contributed by atoms with van der Waals surface area (Å²) in [6, 6.07) is 0.500. The first kappa shape index (κ1) is 12.3. The number of aromatic nitrogens is 1. The van der Waals surface area contributed by atoms with E-state index in [9.17, 15) is 4.79 Å². The Bertz CT molecular complexity index is 387. The summed E-state index contributed by atoms with van der Waals surface area (Å²) >= 11 is 0. The monoisotopic (exact) mass is 236 g/mol. The minimum atomic E-state index is 0.0418. The van der Waals surface area contributed by atoms with E-state index >= 15 is 0 Å². The van der Waals surface area contributed by atoms with Gasteiger partial charge in [-0.2, -0.15) is 0 Å². The Hall–Kier alpha value is -1.16. The summed E-state index contributed by atoms with van der Waals surface area (Å²) in [4.78, 5) is 13.9. The molecule has 2 heterocycles. The van der Waals surface area contributed by atoms with E-state index in [0.29, 0.717) is 11.6 Å². The zero-order chi connectivity index (χ0) is 12.3. The summed E-state index contributed by atoms with van der Waals surface area (Å²) in [5, 5.41) is 3.75. The number of Topliss-reactive ketones (excluding diaryl/α,β-unsaturated/α-hetero) is 1. The van der Waals surface area contributed by atoms with Crippen LogP contribution < -0.4 is 0 Å². The third-order valence-electron chi connectivity index (χ3n) is 3.60. The number of likely N-dealkylation sites (N-methyl/N-ethyl adjacent to an activating group) is 1. The van der Waals surface area contributed by atoms with Crippen molar-refractivity contribution >= 4 is 5.78 Å². The zero-order valence-corrected chi connectivity index (χ0v) is 10.6. The molecular formula is C13H20N2O2. The minimum Gasteiger partial charge on any atom is -0.361 e. The molecule has 1 unspecified atom stereocenters. The number of piperidine rings is 1. The van der Waals surface area contributed by atoms with Crippen LogP contribution in [0.15, 0.2) is 10.7 Å². The minimum absolute atomic E-state index is 0.0418. The topological polar surface area (TPSA) is 46.3 Å². The fourth-order valence-electron chi connectivity index (χ4n) is 2.62. The van der Waals surface area contributed by atoms with Crippen molar-refractivity contribution in [1.29, 1.82) is 0 Å². The van der Waals surface area contributed by atoms with Gasteiger partial charge in [0.05, 0.1) is 11.8 Å². The second-order valence-corrected chi connectivity index (χ2v) is 4.70. The first-order valence-electron chi connectivity index (χ1n) is 6.41. The zero-order valence-electron chi connectivity index (χ0n) is 10.6. The van der Waals surface area contributed by atoms with Crippen molar-refractivity contribution in [3.8, 4) is 0 Å². The number of carbonyl (C=O) groups excluding carboxylic acids is 1. The van der Waals surface area contributed by atoms with E-state index in [1.807, 2.05) is 0 Å². The van der Waals surface area contributed by atoms with Crippen LogP contribution in [0.2, 0.25) is 0 Å². The van der Waals surface area contributed by atoms with Gasteiger partial charge in [-0.1, -0.05) is 18.5 Å². The molecule has 0 saturated carbocycles. The number of ketones is 1. The van der Waals surface area contributed by atoms with Gasteiger partial charge in [0, 0.05) is 12.5 Å². The van der Waals surface area contributed by atoms with Crippen LogP contribution >= 0.6 is 0 Å². The molecule has 0 aliphatic carbocycles. The lowest BCUT2D eigenvalue weighted by molar-refractivity contribution is 0.101. The lowest BCUT2D eigenvalue weighted by Gasteiger charge is -2.34. The number of likely N-dealkylation sites (tertiary alicyclic amines) is 1. The van der Waals surface area contributed by atoms with E-state index in [4.69, 9.17) is 4.52 Å². The van der Waals surface area contributed by atoms with E-state index in [1.54, 1.807) is 6.92 Å². The van der Waals surface area contributed by atoms with E-state index in [-0.39, 0.29) is 5.78 Å². The second kappa shape index (κ2) is 5.45. The molecule has 17 heavy (non-hydrogen) atoms. The van der Waals surface area contributed by atoms with Crippen molar-refractivity contribution in [2.75, 3.05) is 13.1 Å². The van der Waals surface area contributed by atoms with Crippen molar-refractivity contribution in [3.05, 3.63) is 17.5 Å². The molecule has 1 saturated heterocycles. The van der Waals surface area contributed by atoms with Crippen LogP contribution in [0.1, 0.15) is 49.2 Å². The highest BCUT2D eigenvalue weighted by Gasteiger charge is 2.24. The Kier molecular flexibility index (Phi) is 3.94. The number of rotatable bonds is 4. The quantitative estimate of drug-likeness (QED) is 0.752. The molecule has 94 valence electrons. The normalized spacial score (nSPS) is 21.6. The highest BCUT2D eigenvalue weighted by Crippen LogP contribution is 2.22. The Labute approximate surface area is 102 Å². The van der Waals surface area contributed by atoms with Crippen molar-refractivity contribution in [2.45, 2.75) is 45.6 Å². The van der Waals surface area contributed by atoms with E-state index < -0.39 is 0 Å². The van der Waals surface area contributed by atoms with E-state index in [1.165, 1.54) is 25.5 Å². The average Bonchev–Trinajstić information content (AvgIpc) is 2.78. The van der Waals surface area contributed by atoms with Gasteiger partial charge in [-0.3, -0.25) is 4.79 Å². The summed E-state index contributed by atoms with van der Waals surface area (Å²) in [6.45, 7) is 5.97. The van der Waals surface area contributed by atoms with Crippen LogP contribution in [0.3, 0.4) is 0 Å². The molecule has 1 aromatic rings. The van der Waals surface area contributed by atoms with Gasteiger partial charge >= 0.3 is 0 Å². The molecule has 0 amide bonds. The van der Waals surface area contributed by atoms with Crippen LogP contribution in [0, 0.1) is 0 Å². The molecule has 1 fully saturated rings. The summed E-state index contributed by atoms with van der Waals surface area (Å²) in [5.74, 6) is 0.794. The predicted octanol–water partition coefficient (Wildman–Crippen LogP) is 2.29. The van der Waals surface area contributed by atoms with Crippen molar-refractivity contribution in [2.24, 2.45) is 0 Å². The molecule has 0 bridgehead atoms. The highest BCUT2D eigenvalue weighted by atomic mass is 16.5. The van der Waals surface area contributed by atoms with Gasteiger partial charge in [0.2, 0.25) is 0 Å². The molecule has 4 heteroatoms. The van der Waals surface area contributed by atoms with Gasteiger partial charge < -0.3 is 9.42 Å². The van der Waals surface area contributed by atoms with E-state index in [2.05, 4.69) is 17.0 Å². The summed E-state index contributed by atoms with van der Waals surface area (Å²) < 4.78 is 5.22. The largest absolute Gasteiger partial charge is 0.361 e. The molecule has 1 aliphatic heterocycles. The van der Waals surface area contributed by atoms with Crippen molar-refractivity contribution in [3.63, 3.8) is 0 Å². The number of hydrogen-bond donors (Lipinski definition) is 0. The van der Waals surface area contributed by atoms with Crippen LogP contribution in [-0.2, 0) is 6.42 Å². The molecule has 0 aromatic carbocycles. The first-order valence-corrected chi connectivity index (χ1v) is 6.41. The van der Waals surface area contributed by atoms with Crippen LogP contribution in [-0.4, -0.2) is 35.0 Å². The van der Waals surface area contributed by atoms with Gasteiger partial charge in [-0.25, -0.2) is 0 Å². The van der Waals surface area contributed by atoms with E-state index in [0.717, 1.165) is 25.3 Å². The highest BCUT2D eigenvalue weighted by molar-refractivity contribution is 5.94. The van der Waals surface area contributed by atoms with Gasteiger partial charge in [-0.05, 0) is 32.9 Å². The standard InChI is InChI=1S/C13H20N2O2/c1-3-15-7-5-4-6-11(15)8-13-12(10(2)16)9-14-17-13/h9,11H,3-8H2,1-2H3. The Balaban J connectivity index is 2.08. The smallest absolute Gasteiger partial charge is 0.164 e. The lowest BCUT2D eigenvalue weighted by Crippen LogP contribution is -2.40. The third kappa shape index (κ3) is 2.75. The van der Waals surface area contributed by atoms with Gasteiger partial charge in [0.25, 0.3) is 0 Å². The summed E-state index contributed by atoms with van der Waals surface area (Å²) in [6.07, 6.45) is 6.08. The molecule has 0 spiro atoms. The maximum atomic E-state index is 11.4. The molecule has 0 N–H and O–H groups in total. The SMILES string of the molecule is CCN1CCCCC1Cc1oncc1C(C)=O. The summed E-state index contributed by atoms with van der Waals surface area (Å²) in [5.41, 5.74) is 0.645. The molecule has 0 radical (unpaired) electrons. The molecule has 2 rings (SSSR count). The van der Waals surface area contributed by atoms with Crippen LogP contribution in [0.4, 0.5) is 0 Å². The van der Waals surface area contributed by atoms with Gasteiger partial charge in [0.1, 0.15) is 5.76 Å². The maximum absolute atomic E-state index is 11.4.